The number of carbonyl (C=O) groups is 1. The molecule has 0 bridgehead atoms. The third-order valence-electron chi connectivity index (χ3n) is 3.56. The van der Waals surface area contributed by atoms with E-state index in [2.05, 4.69) is 22.0 Å². The summed E-state index contributed by atoms with van der Waals surface area (Å²) in [6.45, 7) is 4.07. The molecule has 5 heteroatoms. The molecule has 0 spiro atoms. The first-order valence-electron chi connectivity index (χ1n) is 6.08. The Morgan fingerprint density at radius 1 is 1.37 bits per heavy atom. The lowest BCUT2D eigenvalue weighted by Gasteiger charge is -2.27. The molecule has 19 heavy (non-hydrogen) atoms. The summed E-state index contributed by atoms with van der Waals surface area (Å²) in [5.74, 6) is 0. The SMILES string of the molecule is CN1C(=O)N(C(C)(C)C#N)CC1c1ccc(Br)cc1. The van der Waals surface area contributed by atoms with Crippen LogP contribution in [-0.2, 0) is 0 Å². The summed E-state index contributed by atoms with van der Waals surface area (Å²) in [5, 5.41) is 9.18. The van der Waals surface area contributed by atoms with Crippen LogP contribution in [0.4, 0.5) is 4.79 Å². The minimum Gasteiger partial charge on any atom is -0.319 e. The van der Waals surface area contributed by atoms with Crippen LogP contribution in [0.3, 0.4) is 0 Å². The molecule has 1 unspecified atom stereocenters. The van der Waals surface area contributed by atoms with Crippen LogP contribution in [0.15, 0.2) is 28.7 Å². The van der Waals surface area contributed by atoms with Crippen LogP contribution >= 0.6 is 15.9 Å². The molecule has 0 aromatic heterocycles. The maximum absolute atomic E-state index is 12.3. The number of amides is 2. The van der Waals surface area contributed by atoms with Gasteiger partial charge in [0, 0.05) is 18.1 Å². The summed E-state index contributed by atoms with van der Waals surface area (Å²) in [5.41, 5.74) is 0.297. The molecule has 100 valence electrons. The maximum atomic E-state index is 12.3. The van der Waals surface area contributed by atoms with E-state index in [1.807, 2.05) is 24.3 Å². The second-order valence-electron chi connectivity index (χ2n) is 5.24. The molecule has 2 rings (SSSR count). The molecule has 1 atom stereocenters. The molecular weight excluding hydrogens is 306 g/mol. The third-order valence-corrected chi connectivity index (χ3v) is 4.09. The highest BCUT2D eigenvalue weighted by molar-refractivity contribution is 9.10. The number of likely N-dealkylation sites (N-methyl/N-ethyl adjacent to an activating group) is 1. The monoisotopic (exact) mass is 321 g/mol. The topological polar surface area (TPSA) is 47.3 Å². The smallest absolute Gasteiger partial charge is 0.319 e. The van der Waals surface area contributed by atoms with E-state index in [0.717, 1.165) is 10.0 Å². The van der Waals surface area contributed by atoms with Crippen LogP contribution in [0.5, 0.6) is 0 Å². The molecule has 1 aliphatic rings. The molecule has 0 radical (unpaired) electrons. The van der Waals surface area contributed by atoms with Gasteiger partial charge >= 0.3 is 6.03 Å². The number of nitriles is 1. The minimum atomic E-state index is -0.782. The van der Waals surface area contributed by atoms with Crippen molar-refractivity contribution in [1.29, 1.82) is 5.26 Å². The van der Waals surface area contributed by atoms with Gasteiger partial charge in [-0.2, -0.15) is 5.26 Å². The highest BCUT2D eigenvalue weighted by Crippen LogP contribution is 2.32. The van der Waals surface area contributed by atoms with Crippen molar-refractivity contribution in [2.24, 2.45) is 0 Å². The van der Waals surface area contributed by atoms with E-state index in [9.17, 15) is 10.1 Å². The first-order valence-corrected chi connectivity index (χ1v) is 6.87. The van der Waals surface area contributed by atoms with Crippen LogP contribution in [0.1, 0.15) is 25.5 Å². The lowest BCUT2D eigenvalue weighted by atomic mass is 10.0. The van der Waals surface area contributed by atoms with E-state index in [1.54, 1.807) is 30.7 Å². The molecule has 1 saturated heterocycles. The summed E-state index contributed by atoms with van der Waals surface area (Å²) < 4.78 is 1.01. The van der Waals surface area contributed by atoms with E-state index in [4.69, 9.17) is 0 Å². The second kappa shape index (κ2) is 4.86. The Labute approximate surface area is 121 Å². The van der Waals surface area contributed by atoms with Gasteiger partial charge in [0.1, 0.15) is 5.54 Å². The molecule has 1 aromatic rings. The largest absolute Gasteiger partial charge is 0.321 e. The molecule has 0 N–H and O–H groups in total. The van der Waals surface area contributed by atoms with Gasteiger partial charge in [0.15, 0.2) is 0 Å². The number of urea groups is 1. The van der Waals surface area contributed by atoms with Gasteiger partial charge < -0.3 is 9.80 Å². The number of hydrogen-bond donors (Lipinski definition) is 0. The van der Waals surface area contributed by atoms with E-state index in [-0.39, 0.29) is 12.1 Å². The Balaban J connectivity index is 2.29. The van der Waals surface area contributed by atoms with Gasteiger partial charge in [0.25, 0.3) is 0 Å². The highest BCUT2D eigenvalue weighted by atomic mass is 79.9. The number of nitrogens with zero attached hydrogens (tertiary/aromatic N) is 3. The molecule has 1 aromatic carbocycles. The molecule has 2 amide bonds. The Bertz CT molecular complexity index is 533. The van der Waals surface area contributed by atoms with Gasteiger partial charge in [-0.1, -0.05) is 28.1 Å². The van der Waals surface area contributed by atoms with Crippen LogP contribution in [0.2, 0.25) is 0 Å². The van der Waals surface area contributed by atoms with Gasteiger partial charge in [0.2, 0.25) is 0 Å². The predicted molar refractivity (Wildman–Crippen MR) is 76.4 cm³/mol. The Morgan fingerprint density at radius 2 is 1.95 bits per heavy atom. The lowest BCUT2D eigenvalue weighted by molar-refractivity contribution is 0.172. The third kappa shape index (κ3) is 2.45. The van der Waals surface area contributed by atoms with E-state index in [0.29, 0.717) is 6.54 Å². The molecule has 1 heterocycles. The van der Waals surface area contributed by atoms with Crippen molar-refractivity contribution in [2.75, 3.05) is 13.6 Å². The zero-order valence-electron chi connectivity index (χ0n) is 11.2. The Hall–Kier alpha value is -1.54. The minimum absolute atomic E-state index is 0.00627. The van der Waals surface area contributed by atoms with Crippen molar-refractivity contribution in [1.82, 2.24) is 9.80 Å². The summed E-state index contributed by atoms with van der Waals surface area (Å²) in [6.07, 6.45) is 0. The van der Waals surface area contributed by atoms with Crippen LogP contribution in [0.25, 0.3) is 0 Å². The summed E-state index contributed by atoms with van der Waals surface area (Å²) in [7, 11) is 1.78. The first-order chi connectivity index (χ1) is 8.86. The van der Waals surface area contributed by atoms with E-state index < -0.39 is 5.54 Å². The van der Waals surface area contributed by atoms with Crippen LogP contribution < -0.4 is 0 Å². The first kappa shape index (κ1) is 13.9. The van der Waals surface area contributed by atoms with E-state index in [1.165, 1.54) is 0 Å². The fourth-order valence-corrected chi connectivity index (χ4v) is 2.50. The molecule has 4 nitrogen and oxygen atoms in total. The quantitative estimate of drug-likeness (QED) is 0.840. The van der Waals surface area contributed by atoms with Gasteiger partial charge in [0.05, 0.1) is 12.1 Å². The predicted octanol–water partition coefficient (Wildman–Crippen LogP) is 3.16. The van der Waals surface area contributed by atoms with Crippen molar-refractivity contribution in [3.63, 3.8) is 0 Å². The number of carbonyl (C=O) groups excluding carboxylic acids is 1. The van der Waals surface area contributed by atoms with Gasteiger partial charge in [-0.3, -0.25) is 0 Å². The highest BCUT2D eigenvalue weighted by Gasteiger charge is 2.42. The molecular formula is C14H16BrN3O. The van der Waals surface area contributed by atoms with Crippen molar-refractivity contribution < 1.29 is 4.79 Å². The van der Waals surface area contributed by atoms with Crippen molar-refractivity contribution >= 4 is 22.0 Å². The number of benzene rings is 1. The van der Waals surface area contributed by atoms with Gasteiger partial charge in [-0.05, 0) is 31.5 Å². The summed E-state index contributed by atoms with van der Waals surface area (Å²) in [4.78, 5) is 15.6. The fourth-order valence-electron chi connectivity index (χ4n) is 2.24. The molecule has 0 saturated carbocycles. The Kier molecular flexibility index (Phi) is 3.55. The normalized spacial score (nSPS) is 19.7. The van der Waals surface area contributed by atoms with Crippen LogP contribution in [0, 0.1) is 11.3 Å². The van der Waals surface area contributed by atoms with Gasteiger partial charge in [-0.15, -0.1) is 0 Å². The average molecular weight is 322 g/mol. The summed E-state index contributed by atoms with van der Waals surface area (Å²) in [6, 6.07) is 10.0. The molecule has 1 fully saturated rings. The van der Waals surface area contributed by atoms with Crippen molar-refractivity contribution in [3.8, 4) is 6.07 Å². The zero-order valence-corrected chi connectivity index (χ0v) is 12.8. The summed E-state index contributed by atoms with van der Waals surface area (Å²) >= 11 is 3.40. The van der Waals surface area contributed by atoms with Crippen LogP contribution in [-0.4, -0.2) is 35.0 Å². The number of rotatable bonds is 2. The second-order valence-corrected chi connectivity index (χ2v) is 6.16. The van der Waals surface area contributed by atoms with Gasteiger partial charge in [-0.25, -0.2) is 4.79 Å². The maximum Gasteiger partial charge on any atom is 0.321 e. The molecule has 1 aliphatic heterocycles. The zero-order chi connectivity index (χ0) is 14.2. The lowest BCUT2D eigenvalue weighted by Crippen LogP contribution is -2.44. The standard InChI is InChI=1S/C14H16BrN3O/c1-14(2,9-16)18-8-12(17(3)13(18)19)10-4-6-11(15)7-5-10/h4-7,12H,8H2,1-3H3. The fraction of sp³-hybridized carbons (Fsp3) is 0.429. The average Bonchev–Trinajstić information content (AvgIpc) is 2.68. The number of hydrogen-bond acceptors (Lipinski definition) is 2. The number of halogens is 1. The molecule has 0 aliphatic carbocycles. The van der Waals surface area contributed by atoms with E-state index >= 15 is 0 Å². The Morgan fingerprint density at radius 3 is 2.47 bits per heavy atom. The van der Waals surface area contributed by atoms with Crippen molar-refractivity contribution in [3.05, 3.63) is 34.3 Å². The van der Waals surface area contributed by atoms with Crippen molar-refractivity contribution in [2.45, 2.75) is 25.4 Å².